The van der Waals surface area contributed by atoms with Gasteiger partial charge in [0.25, 0.3) is 5.91 Å². The number of hydrazine groups is 1. The van der Waals surface area contributed by atoms with Crippen LogP contribution < -0.4 is 16.6 Å². The Morgan fingerprint density at radius 1 is 1.25 bits per heavy atom. The third kappa shape index (κ3) is 3.40. The van der Waals surface area contributed by atoms with Crippen LogP contribution in [0.25, 0.3) is 0 Å². The first-order chi connectivity index (χ1) is 9.51. The van der Waals surface area contributed by atoms with Crippen LogP contribution in [-0.4, -0.2) is 10.9 Å². The molecule has 0 bridgehead atoms. The standard InChI is InChI=1S/C12H9BrCl2N4O/c13-8-4-7(1-2-9(8)14)18-12(20)6-3-10(15)11(19-16)17-5-6/h1-5H,16H2,(H,17,19)(H,18,20). The molecule has 0 saturated heterocycles. The van der Waals surface area contributed by atoms with Gasteiger partial charge in [0, 0.05) is 16.4 Å². The number of benzene rings is 1. The Labute approximate surface area is 133 Å². The maximum Gasteiger partial charge on any atom is 0.257 e. The summed E-state index contributed by atoms with van der Waals surface area (Å²) in [6, 6.07) is 6.54. The first-order valence-electron chi connectivity index (χ1n) is 5.40. The van der Waals surface area contributed by atoms with Crippen molar-refractivity contribution in [3.63, 3.8) is 0 Å². The molecule has 20 heavy (non-hydrogen) atoms. The van der Waals surface area contributed by atoms with Crippen molar-refractivity contribution in [3.05, 3.63) is 50.5 Å². The Morgan fingerprint density at radius 3 is 2.60 bits per heavy atom. The van der Waals surface area contributed by atoms with Gasteiger partial charge in [-0.3, -0.25) is 4.79 Å². The average molecular weight is 376 g/mol. The van der Waals surface area contributed by atoms with Crippen molar-refractivity contribution < 1.29 is 4.79 Å². The fourth-order valence-electron chi connectivity index (χ4n) is 1.45. The number of halogens is 3. The molecule has 0 atom stereocenters. The van der Waals surface area contributed by atoms with Gasteiger partial charge in [-0.2, -0.15) is 0 Å². The molecule has 0 aliphatic heterocycles. The van der Waals surface area contributed by atoms with E-state index in [9.17, 15) is 4.79 Å². The van der Waals surface area contributed by atoms with Crippen LogP contribution in [-0.2, 0) is 0 Å². The second-order valence-corrected chi connectivity index (χ2v) is 5.45. The molecule has 0 aliphatic carbocycles. The van der Waals surface area contributed by atoms with Crippen LogP contribution in [0, 0.1) is 0 Å². The maximum absolute atomic E-state index is 12.1. The molecule has 0 saturated carbocycles. The monoisotopic (exact) mass is 374 g/mol. The lowest BCUT2D eigenvalue weighted by atomic mass is 10.2. The molecule has 2 rings (SSSR count). The van der Waals surface area contributed by atoms with Gasteiger partial charge in [-0.1, -0.05) is 23.2 Å². The summed E-state index contributed by atoms with van der Waals surface area (Å²) in [5.74, 6) is 5.18. The number of hydrogen-bond donors (Lipinski definition) is 3. The summed E-state index contributed by atoms with van der Waals surface area (Å²) in [4.78, 5) is 16.0. The maximum atomic E-state index is 12.1. The highest BCUT2D eigenvalue weighted by molar-refractivity contribution is 9.10. The zero-order valence-electron chi connectivity index (χ0n) is 9.95. The van der Waals surface area contributed by atoms with Crippen molar-refractivity contribution in [2.24, 2.45) is 5.84 Å². The predicted molar refractivity (Wildman–Crippen MR) is 84.2 cm³/mol. The van der Waals surface area contributed by atoms with E-state index in [2.05, 4.69) is 31.7 Å². The first-order valence-corrected chi connectivity index (χ1v) is 6.94. The predicted octanol–water partition coefficient (Wildman–Crippen LogP) is 3.69. The van der Waals surface area contributed by atoms with Crippen molar-refractivity contribution >= 4 is 56.5 Å². The molecular formula is C12H9BrCl2N4O. The number of aromatic nitrogens is 1. The Bertz CT molecular complexity index is 666. The van der Waals surface area contributed by atoms with E-state index >= 15 is 0 Å². The molecule has 5 nitrogen and oxygen atoms in total. The summed E-state index contributed by atoms with van der Waals surface area (Å²) in [7, 11) is 0. The van der Waals surface area contributed by atoms with Crippen molar-refractivity contribution in [3.8, 4) is 0 Å². The number of carbonyl (C=O) groups is 1. The molecule has 4 N–H and O–H groups in total. The Morgan fingerprint density at radius 2 is 2.00 bits per heavy atom. The van der Waals surface area contributed by atoms with E-state index in [-0.39, 0.29) is 10.9 Å². The molecule has 1 heterocycles. The Balaban J connectivity index is 2.19. The highest BCUT2D eigenvalue weighted by Gasteiger charge is 2.10. The van der Waals surface area contributed by atoms with Gasteiger partial charge in [0.2, 0.25) is 0 Å². The zero-order valence-corrected chi connectivity index (χ0v) is 13.1. The second-order valence-electron chi connectivity index (χ2n) is 3.78. The fourth-order valence-corrected chi connectivity index (χ4v) is 2.16. The number of nitrogen functional groups attached to an aromatic ring is 1. The molecule has 0 radical (unpaired) electrons. The molecule has 0 aliphatic rings. The third-order valence-electron chi connectivity index (χ3n) is 2.42. The van der Waals surface area contributed by atoms with Gasteiger partial charge < -0.3 is 10.7 Å². The van der Waals surface area contributed by atoms with Crippen LogP contribution in [0.15, 0.2) is 34.9 Å². The van der Waals surface area contributed by atoms with E-state index < -0.39 is 0 Å². The molecule has 104 valence electrons. The molecular weight excluding hydrogens is 367 g/mol. The average Bonchev–Trinajstić information content (AvgIpc) is 2.42. The SMILES string of the molecule is NNc1ncc(C(=O)Nc2ccc(Cl)c(Br)c2)cc1Cl. The summed E-state index contributed by atoms with van der Waals surface area (Å²) < 4.78 is 0.691. The molecule has 2 aromatic rings. The van der Waals surface area contributed by atoms with E-state index in [1.165, 1.54) is 12.3 Å². The van der Waals surface area contributed by atoms with Gasteiger partial charge in [-0.05, 0) is 40.2 Å². The fraction of sp³-hybridized carbons (Fsp3) is 0. The number of anilines is 2. The van der Waals surface area contributed by atoms with Crippen molar-refractivity contribution in [1.29, 1.82) is 0 Å². The lowest BCUT2D eigenvalue weighted by molar-refractivity contribution is 0.102. The molecule has 0 unspecified atom stereocenters. The number of nitrogens with zero attached hydrogens (tertiary/aromatic N) is 1. The minimum atomic E-state index is -0.336. The molecule has 1 amide bonds. The van der Waals surface area contributed by atoms with Crippen LogP contribution >= 0.6 is 39.1 Å². The number of rotatable bonds is 3. The normalized spacial score (nSPS) is 10.2. The third-order valence-corrected chi connectivity index (χ3v) is 3.92. The van der Waals surface area contributed by atoms with Crippen molar-refractivity contribution in [1.82, 2.24) is 4.98 Å². The topological polar surface area (TPSA) is 80.0 Å². The van der Waals surface area contributed by atoms with Crippen LogP contribution in [0.5, 0.6) is 0 Å². The zero-order chi connectivity index (χ0) is 14.7. The molecule has 0 fully saturated rings. The lowest BCUT2D eigenvalue weighted by Crippen LogP contribution is -2.14. The van der Waals surface area contributed by atoms with E-state index in [0.29, 0.717) is 26.6 Å². The van der Waals surface area contributed by atoms with Crippen LogP contribution in [0.4, 0.5) is 11.5 Å². The van der Waals surface area contributed by atoms with Crippen LogP contribution in [0.2, 0.25) is 10.0 Å². The van der Waals surface area contributed by atoms with E-state index in [0.717, 1.165) is 0 Å². The summed E-state index contributed by atoms with van der Waals surface area (Å²) >= 11 is 15.1. The van der Waals surface area contributed by atoms with Crippen molar-refractivity contribution in [2.75, 3.05) is 10.7 Å². The summed E-state index contributed by atoms with van der Waals surface area (Å²) in [6.07, 6.45) is 1.38. The summed E-state index contributed by atoms with van der Waals surface area (Å²) in [6.45, 7) is 0. The van der Waals surface area contributed by atoms with Gasteiger partial charge in [0.1, 0.15) is 0 Å². The molecule has 1 aromatic carbocycles. The molecule has 0 spiro atoms. The number of amides is 1. The highest BCUT2D eigenvalue weighted by atomic mass is 79.9. The van der Waals surface area contributed by atoms with Gasteiger partial charge in [-0.15, -0.1) is 0 Å². The van der Waals surface area contributed by atoms with Crippen LogP contribution in [0.1, 0.15) is 10.4 Å². The first kappa shape index (κ1) is 15.1. The summed E-state index contributed by atoms with van der Waals surface area (Å²) in [5, 5.41) is 3.54. The quantitative estimate of drug-likeness (QED) is 0.564. The van der Waals surface area contributed by atoms with E-state index in [4.69, 9.17) is 29.0 Å². The van der Waals surface area contributed by atoms with E-state index in [1.54, 1.807) is 18.2 Å². The smallest absolute Gasteiger partial charge is 0.257 e. The Hall–Kier alpha value is -1.34. The lowest BCUT2D eigenvalue weighted by Gasteiger charge is -2.08. The number of pyridine rings is 1. The number of hydrogen-bond acceptors (Lipinski definition) is 4. The van der Waals surface area contributed by atoms with Gasteiger partial charge >= 0.3 is 0 Å². The van der Waals surface area contributed by atoms with Crippen molar-refractivity contribution in [2.45, 2.75) is 0 Å². The van der Waals surface area contributed by atoms with Crippen LogP contribution in [0.3, 0.4) is 0 Å². The minimum absolute atomic E-state index is 0.262. The molecule has 8 heteroatoms. The molecule has 1 aromatic heterocycles. The van der Waals surface area contributed by atoms with Gasteiger partial charge in [0.15, 0.2) is 5.82 Å². The summed E-state index contributed by atoms with van der Waals surface area (Å²) in [5.41, 5.74) is 3.25. The second kappa shape index (κ2) is 6.41. The van der Waals surface area contributed by atoms with Gasteiger partial charge in [0.05, 0.1) is 15.6 Å². The van der Waals surface area contributed by atoms with Gasteiger partial charge in [-0.25, -0.2) is 10.8 Å². The number of carbonyl (C=O) groups excluding carboxylic acids is 1. The Kier molecular flexibility index (Phi) is 4.82. The minimum Gasteiger partial charge on any atom is -0.322 e. The number of nitrogens with two attached hydrogens (primary N) is 1. The number of nitrogens with one attached hydrogen (secondary N) is 2. The van der Waals surface area contributed by atoms with E-state index in [1.807, 2.05) is 0 Å². The highest BCUT2D eigenvalue weighted by Crippen LogP contribution is 2.26. The largest absolute Gasteiger partial charge is 0.322 e.